The van der Waals surface area contributed by atoms with Gasteiger partial charge in [0.1, 0.15) is 0 Å². The molecule has 2 aliphatic heterocycles. The Balaban J connectivity index is 1.56. The summed E-state index contributed by atoms with van der Waals surface area (Å²) >= 11 is 0. The van der Waals surface area contributed by atoms with Gasteiger partial charge in [0.15, 0.2) is 0 Å². The number of ether oxygens (including phenoxy) is 1. The van der Waals surface area contributed by atoms with Crippen LogP contribution >= 0.6 is 0 Å². The summed E-state index contributed by atoms with van der Waals surface area (Å²) in [6.45, 7) is 7.32. The van der Waals surface area contributed by atoms with Crippen LogP contribution < -0.4 is 5.73 Å². The topological polar surface area (TPSA) is 41.7 Å². The molecule has 3 fully saturated rings. The highest BCUT2D eigenvalue weighted by atomic mass is 16.5. The van der Waals surface area contributed by atoms with E-state index in [0.29, 0.717) is 0 Å². The molecule has 1 saturated carbocycles. The first-order valence-electron chi connectivity index (χ1n) is 8.11. The summed E-state index contributed by atoms with van der Waals surface area (Å²) in [6.07, 6.45) is 8.10. The van der Waals surface area contributed by atoms with Gasteiger partial charge in [-0.1, -0.05) is 12.8 Å². The largest absolute Gasteiger partial charge is 0.379 e. The summed E-state index contributed by atoms with van der Waals surface area (Å²) in [5, 5.41) is 0. The Kier molecular flexibility index (Phi) is 4.42. The Labute approximate surface area is 117 Å². The quantitative estimate of drug-likeness (QED) is 0.830. The lowest BCUT2D eigenvalue weighted by Gasteiger charge is -2.49. The zero-order chi connectivity index (χ0) is 13.1. The Morgan fingerprint density at radius 1 is 1.05 bits per heavy atom. The third-order valence-corrected chi connectivity index (χ3v) is 5.51. The van der Waals surface area contributed by atoms with Gasteiger partial charge < -0.3 is 10.5 Å². The van der Waals surface area contributed by atoms with Gasteiger partial charge in [0.25, 0.3) is 0 Å². The van der Waals surface area contributed by atoms with Gasteiger partial charge in [-0.15, -0.1) is 0 Å². The van der Waals surface area contributed by atoms with Crippen LogP contribution in [-0.2, 0) is 4.74 Å². The Bertz CT molecular complexity index is 277. The first kappa shape index (κ1) is 13.8. The van der Waals surface area contributed by atoms with E-state index >= 15 is 0 Å². The molecule has 0 aromatic rings. The predicted octanol–water partition coefficient (Wildman–Crippen LogP) is 1.05. The van der Waals surface area contributed by atoms with Crippen molar-refractivity contribution in [3.05, 3.63) is 0 Å². The van der Waals surface area contributed by atoms with Gasteiger partial charge in [0, 0.05) is 45.4 Å². The van der Waals surface area contributed by atoms with Gasteiger partial charge in [0.2, 0.25) is 0 Å². The maximum absolute atomic E-state index is 6.09. The van der Waals surface area contributed by atoms with Crippen LogP contribution in [0.5, 0.6) is 0 Å². The molecule has 0 amide bonds. The summed E-state index contributed by atoms with van der Waals surface area (Å²) in [7, 11) is 0. The molecule has 0 radical (unpaired) electrons. The minimum Gasteiger partial charge on any atom is -0.379 e. The number of piperazine rings is 1. The van der Waals surface area contributed by atoms with Crippen molar-refractivity contribution in [3.8, 4) is 0 Å². The fraction of sp³-hybridized carbons (Fsp3) is 1.00. The molecule has 2 saturated heterocycles. The van der Waals surface area contributed by atoms with Crippen molar-refractivity contribution in [1.82, 2.24) is 9.80 Å². The minimum absolute atomic E-state index is 0.139. The second-order valence-electron chi connectivity index (χ2n) is 6.55. The number of nitrogens with two attached hydrogens (primary N) is 1. The van der Waals surface area contributed by atoms with E-state index in [4.69, 9.17) is 10.5 Å². The van der Waals surface area contributed by atoms with Crippen LogP contribution in [0.15, 0.2) is 0 Å². The fourth-order valence-corrected chi connectivity index (χ4v) is 4.21. The molecule has 0 aromatic carbocycles. The predicted molar refractivity (Wildman–Crippen MR) is 77.2 cm³/mol. The van der Waals surface area contributed by atoms with Crippen molar-refractivity contribution in [2.75, 3.05) is 45.9 Å². The molecular weight excluding hydrogens is 238 g/mol. The van der Waals surface area contributed by atoms with E-state index in [9.17, 15) is 0 Å². The third kappa shape index (κ3) is 2.82. The SMILES string of the molecule is NCC1(N2CCN(C3CCCC3)CC2)CCCOC1. The van der Waals surface area contributed by atoms with Crippen molar-refractivity contribution in [2.24, 2.45) is 5.73 Å². The molecular formula is C15H29N3O. The van der Waals surface area contributed by atoms with Crippen LogP contribution in [-0.4, -0.2) is 67.3 Å². The number of rotatable bonds is 3. The summed E-state index contributed by atoms with van der Waals surface area (Å²) in [4.78, 5) is 5.34. The first-order chi connectivity index (χ1) is 9.34. The van der Waals surface area contributed by atoms with Crippen molar-refractivity contribution in [2.45, 2.75) is 50.1 Å². The van der Waals surface area contributed by atoms with Gasteiger partial charge in [0.05, 0.1) is 12.1 Å². The summed E-state index contributed by atoms with van der Waals surface area (Å²) in [5.74, 6) is 0. The Hall–Kier alpha value is -0.160. The summed E-state index contributed by atoms with van der Waals surface area (Å²) in [5.41, 5.74) is 6.23. The second-order valence-corrected chi connectivity index (χ2v) is 6.55. The lowest BCUT2D eigenvalue weighted by atomic mass is 9.89. The van der Waals surface area contributed by atoms with Gasteiger partial charge in [-0.3, -0.25) is 9.80 Å². The van der Waals surface area contributed by atoms with Gasteiger partial charge >= 0.3 is 0 Å². The number of hydrogen-bond donors (Lipinski definition) is 1. The third-order valence-electron chi connectivity index (χ3n) is 5.51. The molecule has 4 heteroatoms. The average Bonchev–Trinajstić information content (AvgIpc) is 3.02. The van der Waals surface area contributed by atoms with Gasteiger partial charge in [-0.25, -0.2) is 0 Å². The van der Waals surface area contributed by atoms with E-state index in [-0.39, 0.29) is 5.54 Å². The smallest absolute Gasteiger partial charge is 0.0662 e. The van der Waals surface area contributed by atoms with Crippen LogP contribution in [0.1, 0.15) is 38.5 Å². The minimum atomic E-state index is 0.139. The molecule has 1 atom stereocenters. The van der Waals surface area contributed by atoms with Crippen molar-refractivity contribution < 1.29 is 4.74 Å². The molecule has 3 rings (SSSR count). The van der Waals surface area contributed by atoms with Crippen LogP contribution in [0.3, 0.4) is 0 Å². The Morgan fingerprint density at radius 3 is 2.37 bits per heavy atom. The van der Waals surface area contributed by atoms with Gasteiger partial charge in [-0.05, 0) is 25.7 Å². The van der Waals surface area contributed by atoms with E-state index in [2.05, 4.69) is 9.80 Å². The molecule has 110 valence electrons. The van der Waals surface area contributed by atoms with Crippen LogP contribution in [0.4, 0.5) is 0 Å². The molecule has 19 heavy (non-hydrogen) atoms. The molecule has 1 aliphatic carbocycles. The molecule has 2 heterocycles. The number of hydrogen-bond acceptors (Lipinski definition) is 4. The molecule has 0 spiro atoms. The lowest BCUT2D eigenvalue weighted by Crippen LogP contribution is -2.64. The van der Waals surface area contributed by atoms with Crippen LogP contribution in [0.2, 0.25) is 0 Å². The normalized spacial score (nSPS) is 35.8. The Morgan fingerprint density at radius 2 is 1.79 bits per heavy atom. The van der Waals surface area contributed by atoms with Crippen molar-refractivity contribution in [3.63, 3.8) is 0 Å². The highest BCUT2D eigenvalue weighted by Crippen LogP contribution is 2.29. The zero-order valence-electron chi connectivity index (χ0n) is 12.1. The molecule has 0 aromatic heterocycles. The monoisotopic (exact) mass is 267 g/mol. The summed E-state index contributed by atoms with van der Waals surface area (Å²) in [6, 6.07) is 0.874. The zero-order valence-corrected chi connectivity index (χ0v) is 12.1. The van der Waals surface area contributed by atoms with Crippen molar-refractivity contribution in [1.29, 1.82) is 0 Å². The molecule has 3 aliphatic rings. The average molecular weight is 267 g/mol. The standard InChI is InChI=1S/C15H29N3O/c16-12-15(6-3-11-19-13-15)18-9-7-17(8-10-18)14-4-1-2-5-14/h14H,1-13,16H2. The summed E-state index contributed by atoms with van der Waals surface area (Å²) < 4.78 is 5.72. The fourth-order valence-electron chi connectivity index (χ4n) is 4.21. The van der Waals surface area contributed by atoms with E-state index in [1.807, 2.05) is 0 Å². The first-order valence-corrected chi connectivity index (χ1v) is 8.11. The van der Waals surface area contributed by atoms with Crippen molar-refractivity contribution >= 4 is 0 Å². The number of nitrogens with zero attached hydrogens (tertiary/aromatic N) is 2. The van der Waals surface area contributed by atoms with E-state index in [0.717, 1.165) is 25.8 Å². The van der Waals surface area contributed by atoms with Crippen LogP contribution in [0.25, 0.3) is 0 Å². The second kappa shape index (κ2) is 6.08. The molecule has 4 nitrogen and oxygen atoms in total. The maximum atomic E-state index is 6.09. The van der Waals surface area contributed by atoms with E-state index in [1.165, 1.54) is 64.7 Å². The molecule has 1 unspecified atom stereocenters. The lowest BCUT2D eigenvalue weighted by molar-refractivity contribution is -0.0647. The highest BCUT2D eigenvalue weighted by molar-refractivity contribution is 4.96. The van der Waals surface area contributed by atoms with E-state index in [1.54, 1.807) is 0 Å². The van der Waals surface area contributed by atoms with E-state index < -0.39 is 0 Å². The maximum Gasteiger partial charge on any atom is 0.0662 e. The van der Waals surface area contributed by atoms with Gasteiger partial charge in [-0.2, -0.15) is 0 Å². The van der Waals surface area contributed by atoms with Crippen LogP contribution in [0, 0.1) is 0 Å². The highest BCUT2D eigenvalue weighted by Gasteiger charge is 2.39. The molecule has 0 bridgehead atoms. The molecule has 2 N–H and O–H groups in total.